The highest BCUT2D eigenvalue weighted by Gasteiger charge is 2.45. The number of carbonyl (C=O) groups excluding carboxylic acids is 5. The summed E-state index contributed by atoms with van der Waals surface area (Å²) in [5, 5.41) is 8.15. The van der Waals surface area contributed by atoms with Gasteiger partial charge < -0.3 is 15.4 Å². The van der Waals surface area contributed by atoms with Gasteiger partial charge in [-0.25, -0.2) is 9.99 Å². The Morgan fingerprint density at radius 1 is 1.11 bits per heavy atom. The first-order valence-corrected chi connectivity index (χ1v) is 16.4. The van der Waals surface area contributed by atoms with E-state index < -0.39 is 35.8 Å². The van der Waals surface area contributed by atoms with Crippen molar-refractivity contribution in [1.29, 1.82) is 0 Å². The summed E-state index contributed by atoms with van der Waals surface area (Å²) in [4.78, 5) is 71.6. The lowest BCUT2D eigenvalue weighted by Crippen LogP contribution is -2.64. The molecule has 11 nitrogen and oxygen atoms in total. The number of hydrogen-bond acceptors (Lipinski definition) is 9. The van der Waals surface area contributed by atoms with E-state index in [0.717, 1.165) is 14.6 Å². The maximum atomic E-state index is 13.9. The van der Waals surface area contributed by atoms with Crippen LogP contribution in [0.4, 0.5) is 0 Å². The number of thioether (sulfide) groups is 1. The van der Waals surface area contributed by atoms with E-state index in [-0.39, 0.29) is 42.7 Å². The van der Waals surface area contributed by atoms with E-state index >= 15 is 0 Å². The molecule has 0 aliphatic carbocycles. The minimum absolute atomic E-state index is 0.0374. The summed E-state index contributed by atoms with van der Waals surface area (Å²) >= 11 is 2.84. The Balaban J connectivity index is 1.29. The van der Waals surface area contributed by atoms with E-state index in [1.165, 1.54) is 40.2 Å². The average molecular weight is 638 g/mol. The van der Waals surface area contributed by atoms with Gasteiger partial charge in [0.25, 0.3) is 11.8 Å². The number of nitrogens with one attached hydrogen (secondary N) is 2. The first-order chi connectivity index (χ1) is 21.2. The molecule has 3 atom stereocenters. The quantitative estimate of drug-likeness (QED) is 0.323. The summed E-state index contributed by atoms with van der Waals surface area (Å²) in [6.45, 7) is 3.99. The van der Waals surface area contributed by atoms with Crippen LogP contribution in [0.25, 0.3) is 10.2 Å². The van der Waals surface area contributed by atoms with E-state index in [1.54, 1.807) is 24.3 Å². The lowest BCUT2D eigenvalue weighted by Gasteiger charge is -2.43. The second kappa shape index (κ2) is 13.8. The van der Waals surface area contributed by atoms with Crippen molar-refractivity contribution in [3.63, 3.8) is 0 Å². The zero-order chi connectivity index (χ0) is 31.4. The first kappa shape index (κ1) is 31.5. The Kier molecular flexibility index (Phi) is 9.84. The minimum Gasteiger partial charge on any atom is -0.497 e. The molecule has 3 aromatic rings. The normalized spacial score (nSPS) is 19.4. The number of Topliss-reactive ketones (excluding diaryl/α,β-unsaturated/α-hetero) is 1. The van der Waals surface area contributed by atoms with Crippen molar-refractivity contribution >= 4 is 62.7 Å². The van der Waals surface area contributed by atoms with Gasteiger partial charge in [0, 0.05) is 18.5 Å². The van der Waals surface area contributed by atoms with Crippen LogP contribution in [0, 0.1) is 5.92 Å². The molecule has 2 saturated heterocycles. The standard InChI is InChI=1S/C31H35N5O6S2/c1-18(2)27(24(37)17-43-31-33-21-10-4-5-12-25(21)44-31)34-29(40)23-11-7-15-35-26(38)14-13-22(30(41)36(23)35)32-28(39)19-8-6-9-20(16-19)42-3/h4-6,8-10,12,16,18,22-23,27H,7,11,13-15,17H2,1-3H3,(H,32,39)(H,34,40)/t22-,23-,27-/m0/s1. The van der Waals surface area contributed by atoms with Gasteiger partial charge in [0.15, 0.2) is 10.1 Å². The Bertz CT molecular complexity index is 1540. The molecule has 232 valence electrons. The van der Waals surface area contributed by atoms with Crippen LogP contribution in [0.2, 0.25) is 0 Å². The van der Waals surface area contributed by atoms with Crippen LogP contribution < -0.4 is 15.4 Å². The number of hydrogen-bond donors (Lipinski definition) is 2. The number of thiazole rings is 1. The summed E-state index contributed by atoms with van der Waals surface area (Å²) in [7, 11) is 1.49. The van der Waals surface area contributed by atoms with Gasteiger partial charge in [-0.05, 0) is 55.5 Å². The summed E-state index contributed by atoms with van der Waals surface area (Å²) in [5.41, 5.74) is 1.18. The largest absolute Gasteiger partial charge is 0.497 e. The average Bonchev–Trinajstić information content (AvgIpc) is 3.41. The van der Waals surface area contributed by atoms with E-state index in [0.29, 0.717) is 24.2 Å². The number of methoxy groups -OCH3 is 1. The maximum absolute atomic E-state index is 13.9. The van der Waals surface area contributed by atoms with E-state index in [2.05, 4.69) is 15.6 Å². The Morgan fingerprint density at radius 2 is 1.91 bits per heavy atom. The predicted molar refractivity (Wildman–Crippen MR) is 167 cm³/mol. The fourth-order valence-corrected chi connectivity index (χ4v) is 7.40. The van der Waals surface area contributed by atoms with E-state index in [9.17, 15) is 24.0 Å². The number of benzene rings is 2. The lowest BCUT2D eigenvalue weighted by molar-refractivity contribution is -0.176. The van der Waals surface area contributed by atoms with Crippen molar-refractivity contribution in [3.8, 4) is 5.75 Å². The van der Waals surface area contributed by atoms with Crippen LogP contribution in [0.1, 0.15) is 49.9 Å². The number of hydrazine groups is 1. The zero-order valence-corrected chi connectivity index (χ0v) is 26.4. The third-order valence-electron chi connectivity index (χ3n) is 7.72. The van der Waals surface area contributed by atoms with Gasteiger partial charge in [-0.3, -0.25) is 29.0 Å². The molecular formula is C31H35N5O6S2. The van der Waals surface area contributed by atoms with Crippen LogP contribution >= 0.6 is 23.1 Å². The third kappa shape index (κ3) is 6.88. The van der Waals surface area contributed by atoms with Crippen molar-refractivity contribution in [1.82, 2.24) is 25.6 Å². The minimum atomic E-state index is -1.01. The molecule has 2 N–H and O–H groups in total. The van der Waals surface area contributed by atoms with Gasteiger partial charge in [0.2, 0.25) is 11.8 Å². The molecule has 4 amide bonds. The second-order valence-electron chi connectivity index (χ2n) is 11.1. The molecule has 5 rings (SSSR count). The number of rotatable bonds is 10. The molecule has 0 saturated carbocycles. The molecular weight excluding hydrogens is 603 g/mol. The number of para-hydroxylation sites is 1. The molecule has 2 aliphatic rings. The van der Waals surface area contributed by atoms with Crippen LogP contribution in [0.15, 0.2) is 52.9 Å². The predicted octanol–water partition coefficient (Wildman–Crippen LogP) is 3.43. The van der Waals surface area contributed by atoms with Crippen LogP contribution in [0.3, 0.4) is 0 Å². The van der Waals surface area contributed by atoms with Crippen LogP contribution in [0.5, 0.6) is 5.75 Å². The monoisotopic (exact) mass is 637 g/mol. The Labute approximate surface area is 263 Å². The third-order valence-corrected chi connectivity index (χ3v) is 9.93. The number of aromatic nitrogens is 1. The van der Waals surface area contributed by atoms with Crippen molar-refractivity contribution in [2.45, 2.75) is 62.0 Å². The molecule has 13 heteroatoms. The maximum Gasteiger partial charge on any atom is 0.264 e. The second-order valence-corrected chi connectivity index (χ2v) is 13.3. The number of ketones is 1. The fraction of sp³-hybridized carbons (Fsp3) is 0.419. The molecule has 0 bridgehead atoms. The van der Waals surface area contributed by atoms with Crippen LogP contribution in [-0.2, 0) is 19.2 Å². The molecule has 2 fully saturated rings. The van der Waals surface area contributed by atoms with Crippen LogP contribution in [-0.4, -0.2) is 81.9 Å². The highest BCUT2D eigenvalue weighted by Crippen LogP contribution is 2.30. The first-order valence-electron chi connectivity index (χ1n) is 14.6. The Hall–Kier alpha value is -3.97. The molecule has 3 heterocycles. The number of ether oxygens (including phenoxy) is 1. The number of amides is 4. The molecule has 1 aromatic heterocycles. The van der Waals surface area contributed by atoms with Crippen molar-refractivity contribution in [3.05, 3.63) is 54.1 Å². The van der Waals surface area contributed by atoms with Gasteiger partial charge in [0.05, 0.1) is 29.1 Å². The van der Waals surface area contributed by atoms with Gasteiger partial charge in [-0.2, -0.15) is 0 Å². The van der Waals surface area contributed by atoms with E-state index in [4.69, 9.17) is 4.74 Å². The van der Waals surface area contributed by atoms with E-state index in [1.807, 2.05) is 38.1 Å². The van der Waals surface area contributed by atoms with Crippen molar-refractivity contribution in [2.24, 2.45) is 5.92 Å². The summed E-state index contributed by atoms with van der Waals surface area (Å²) in [6, 6.07) is 11.5. The highest BCUT2D eigenvalue weighted by atomic mass is 32.2. The highest BCUT2D eigenvalue weighted by molar-refractivity contribution is 8.01. The molecule has 0 radical (unpaired) electrons. The molecule has 44 heavy (non-hydrogen) atoms. The van der Waals surface area contributed by atoms with Crippen molar-refractivity contribution < 1.29 is 28.7 Å². The smallest absolute Gasteiger partial charge is 0.264 e. The fourth-order valence-electron chi connectivity index (χ4n) is 5.42. The molecule has 0 spiro atoms. The summed E-state index contributed by atoms with van der Waals surface area (Å²) in [5.74, 6) is -1.58. The summed E-state index contributed by atoms with van der Waals surface area (Å²) in [6.07, 6.45) is 0.972. The number of nitrogens with zero attached hydrogens (tertiary/aromatic N) is 3. The number of carbonyl (C=O) groups is 5. The van der Waals surface area contributed by atoms with Gasteiger partial charge in [-0.15, -0.1) is 11.3 Å². The van der Waals surface area contributed by atoms with Gasteiger partial charge in [0.1, 0.15) is 17.8 Å². The zero-order valence-electron chi connectivity index (χ0n) is 24.8. The topological polar surface area (TPSA) is 138 Å². The molecule has 0 unspecified atom stereocenters. The summed E-state index contributed by atoms with van der Waals surface area (Å²) < 4.78 is 7.00. The van der Waals surface area contributed by atoms with Crippen molar-refractivity contribution in [2.75, 3.05) is 19.4 Å². The number of fused-ring (bicyclic) bond motifs is 2. The van der Waals surface area contributed by atoms with Gasteiger partial charge in [-0.1, -0.05) is 43.8 Å². The SMILES string of the molecule is COc1cccc(C(=O)N[C@H]2CCC(=O)N3CCC[C@@H](C(=O)N[C@H](C(=O)CSc4nc5ccccc5s4)C(C)C)N3C2=O)c1. The van der Waals surface area contributed by atoms with Gasteiger partial charge >= 0.3 is 0 Å². The molecule has 2 aromatic carbocycles. The Morgan fingerprint density at radius 3 is 2.66 bits per heavy atom. The lowest BCUT2D eigenvalue weighted by atomic mass is 9.99. The molecule has 2 aliphatic heterocycles.